The van der Waals surface area contributed by atoms with Crippen LogP contribution in [0.4, 0.5) is 0 Å². The summed E-state index contributed by atoms with van der Waals surface area (Å²) in [6.45, 7) is 0. The van der Waals surface area contributed by atoms with E-state index < -0.39 is 0 Å². The summed E-state index contributed by atoms with van der Waals surface area (Å²) in [6.07, 6.45) is 3.68. The van der Waals surface area contributed by atoms with Gasteiger partial charge in [0.2, 0.25) is 0 Å². The molecule has 0 aliphatic heterocycles. The molecule has 2 aromatic carbocycles. The molecular weight excluding hydrogens is 218 g/mol. The Morgan fingerprint density at radius 1 is 0.778 bits per heavy atom. The van der Waals surface area contributed by atoms with Gasteiger partial charge in [0.15, 0.2) is 0 Å². The maximum atomic E-state index is 4.19. The van der Waals surface area contributed by atoms with Gasteiger partial charge in [-0.15, -0.1) is 0 Å². The van der Waals surface area contributed by atoms with Crippen LogP contribution in [0, 0.1) is 6.07 Å². The number of rotatable bonds is 2. The molecule has 0 saturated carbocycles. The lowest BCUT2D eigenvalue weighted by Gasteiger charge is -2.09. The molecule has 0 saturated heterocycles. The summed E-state index contributed by atoms with van der Waals surface area (Å²) in [7, 11) is 0. The molecule has 0 N–H and O–H groups in total. The first-order valence-corrected chi connectivity index (χ1v) is 5.91. The van der Waals surface area contributed by atoms with Crippen LogP contribution in [0.25, 0.3) is 22.3 Å². The normalized spacial score (nSPS) is 10.2. The van der Waals surface area contributed by atoms with Crippen molar-refractivity contribution in [3.05, 3.63) is 79.1 Å². The van der Waals surface area contributed by atoms with E-state index in [1.165, 1.54) is 16.7 Å². The first kappa shape index (κ1) is 10.7. The minimum atomic E-state index is 1.13. The van der Waals surface area contributed by atoms with Gasteiger partial charge in [0.1, 0.15) is 0 Å². The molecule has 3 aromatic rings. The molecule has 0 unspecified atom stereocenters. The zero-order chi connectivity index (χ0) is 12.2. The Morgan fingerprint density at radius 3 is 2.39 bits per heavy atom. The maximum absolute atomic E-state index is 4.19. The smallest absolute Gasteiger partial charge is 0.0346 e. The van der Waals surface area contributed by atoms with Gasteiger partial charge in [-0.2, -0.15) is 0 Å². The molecule has 0 aliphatic carbocycles. The van der Waals surface area contributed by atoms with E-state index in [0.717, 1.165) is 5.56 Å². The maximum Gasteiger partial charge on any atom is 0.0346 e. The van der Waals surface area contributed by atoms with Gasteiger partial charge >= 0.3 is 0 Å². The van der Waals surface area contributed by atoms with E-state index in [1.807, 2.05) is 30.5 Å². The second-order valence-corrected chi connectivity index (χ2v) is 4.08. The molecule has 18 heavy (non-hydrogen) atoms. The van der Waals surface area contributed by atoms with Crippen LogP contribution in [0.3, 0.4) is 0 Å². The average Bonchev–Trinajstić information content (AvgIpc) is 2.49. The standard InChI is InChI=1S/C17H12N/c1-2-7-14(8-3-1)16-10-4-5-11-17(16)15-9-6-12-18-13-15/h1-3,5-13H. The van der Waals surface area contributed by atoms with Gasteiger partial charge in [0.25, 0.3) is 0 Å². The number of aromatic nitrogens is 1. The zero-order valence-corrected chi connectivity index (χ0v) is 9.88. The molecule has 85 valence electrons. The average molecular weight is 230 g/mol. The highest BCUT2D eigenvalue weighted by Crippen LogP contribution is 2.30. The largest absolute Gasteiger partial charge is 0.264 e. The Balaban J connectivity index is 2.18. The predicted molar refractivity (Wildman–Crippen MR) is 73.9 cm³/mol. The van der Waals surface area contributed by atoms with E-state index in [-0.39, 0.29) is 0 Å². The first-order chi connectivity index (χ1) is 8.95. The van der Waals surface area contributed by atoms with Crippen molar-refractivity contribution in [2.75, 3.05) is 0 Å². The van der Waals surface area contributed by atoms with Gasteiger partial charge in [0, 0.05) is 18.0 Å². The SMILES string of the molecule is [c]1ccc(-c2cccnc2)c(-c2ccccc2)c1. The van der Waals surface area contributed by atoms with Gasteiger partial charge in [0.05, 0.1) is 0 Å². The Morgan fingerprint density at radius 2 is 1.61 bits per heavy atom. The number of hydrogen-bond acceptors (Lipinski definition) is 1. The third-order valence-corrected chi connectivity index (χ3v) is 2.92. The Hall–Kier alpha value is -2.41. The Kier molecular flexibility index (Phi) is 2.89. The fourth-order valence-corrected chi connectivity index (χ4v) is 2.06. The van der Waals surface area contributed by atoms with Crippen molar-refractivity contribution in [3.8, 4) is 22.3 Å². The fraction of sp³-hybridized carbons (Fsp3) is 0. The topological polar surface area (TPSA) is 12.9 Å². The summed E-state index contributed by atoms with van der Waals surface area (Å²) >= 11 is 0. The molecule has 0 atom stereocenters. The highest BCUT2D eigenvalue weighted by atomic mass is 14.6. The van der Waals surface area contributed by atoms with Gasteiger partial charge in [-0.25, -0.2) is 0 Å². The van der Waals surface area contributed by atoms with Gasteiger partial charge in [-0.1, -0.05) is 48.5 Å². The third-order valence-electron chi connectivity index (χ3n) is 2.92. The zero-order valence-electron chi connectivity index (χ0n) is 9.88. The highest BCUT2D eigenvalue weighted by Gasteiger charge is 2.05. The van der Waals surface area contributed by atoms with Crippen molar-refractivity contribution in [3.63, 3.8) is 0 Å². The number of nitrogens with zero attached hydrogens (tertiary/aromatic N) is 1. The van der Waals surface area contributed by atoms with Crippen LogP contribution in [0.15, 0.2) is 73.1 Å². The van der Waals surface area contributed by atoms with Crippen molar-refractivity contribution in [2.24, 2.45) is 0 Å². The lowest BCUT2D eigenvalue weighted by Crippen LogP contribution is -1.85. The molecule has 0 aliphatic rings. The van der Waals surface area contributed by atoms with E-state index >= 15 is 0 Å². The number of hydrogen-bond donors (Lipinski definition) is 0. The van der Waals surface area contributed by atoms with Crippen LogP contribution in [0.1, 0.15) is 0 Å². The monoisotopic (exact) mass is 230 g/mol. The molecule has 0 fully saturated rings. The van der Waals surface area contributed by atoms with E-state index in [0.29, 0.717) is 0 Å². The summed E-state index contributed by atoms with van der Waals surface area (Å²) in [4.78, 5) is 4.19. The van der Waals surface area contributed by atoms with Crippen LogP contribution >= 0.6 is 0 Å². The van der Waals surface area contributed by atoms with Crippen LogP contribution in [-0.4, -0.2) is 4.98 Å². The van der Waals surface area contributed by atoms with Crippen molar-refractivity contribution in [1.82, 2.24) is 4.98 Å². The molecule has 0 amide bonds. The third kappa shape index (κ3) is 2.03. The predicted octanol–water partition coefficient (Wildman–Crippen LogP) is 4.22. The van der Waals surface area contributed by atoms with E-state index in [9.17, 15) is 0 Å². The summed E-state index contributed by atoms with van der Waals surface area (Å²) in [6, 6.07) is 23.6. The summed E-state index contributed by atoms with van der Waals surface area (Å²) in [5.41, 5.74) is 4.71. The van der Waals surface area contributed by atoms with Crippen LogP contribution < -0.4 is 0 Å². The van der Waals surface area contributed by atoms with Crippen molar-refractivity contribution < 1.29 is 0 Å². The molecule has 1 radical (unpaired) electrons. The highest BCUT2D eigenvalue weighted by molar-refractivity contribution is 5.82. The van der Waals surface area contributed by atoms with Crippen LogP contribution in [-0.2, 0) is 0 Å². The minimum Gasteiger partial charge on any atom is -0.264 e. The molecule has 1 aromatic heterocycles. The lowest BCUT2D eigenvalue weighted by molar-refractivity contribution is 1.33. The quantitative estimate of drug-likeness (QED) is 0.642. The van der Waals surface area contributed by atoms with E-state index in [4.69, 9.17) is 0 Å². The summed E-state index contributed by atoms with van der Waals surface area (Å²) < 4.78 is 0. The van der Waals surface area contributed by atoms with E-state index in [1.54, 1.807) is 6.20 Å². The van der Waals surface area contributed by atoms with Crippen molar-refractivity contribution in [2.45, 2.75) is 0 Å². The second kappa shape index (κ2) is 4.84. The van der Waals surface area contributed by atoms with E-state index in [2.05, 4.69) is 47.4 Å². The molecular formula is C17H12N. The minimum absolute atomic E-state index is 1.13. The molecule has 3 rings (SSSR count). The fourth-order valence-electron chi connectivity index (χ4n) is 2.06. The van der Waals surface area contributed by atoms with Gasteiger partial charge in [-0.05, 0) is 34.9 Å². The molecule has 1 nitrogen and oxygen atoms in total. The van der Waals surface area contributed by atoms with Gasteiger partial charge in [-0.3, -0.25) is 4.98 Å². The second-order valence-electron chi connectivity index (χ2n) is 4.08. The van der Waals surface area contributed by atoms with Crippen LogP contribution in [0.5, 0.6) is 0 Å². The summed E-state index contributed by atoms with van der Waals surface area (Å²) in [5.74, 6) is 0. The van der Waals surface area contributed by atoms with Crippen molar-refractivity contribution in [1.29, 1.82) is 0 Å². The Bertz CT molecular complexity index is 572. The molecule has 1 heteroatoms. The lowest BCUT2D eigenvalue weighted by atomic mass is 9.96. The van der Waals surface area contributed by atoms with Crippen molar-refractivity contribution >= 4 is 0 Å². The molecule has 0 spiro atoms. The van der Waals surface area contributed by atoms with Gasteiger partial charge < -0.3 is 0 Å². The molecule has 0 bridgehead atoms. The molecule has 1 heterocycles. The Labute approximate surface area is 107 Å². The number of benzene rings is 2. The first-order valence-electron chi connectivity index (χ1n) is 5.91. The number of pyridine rings is 1. The van der Waals surface area contributed by atoms with Crippen LogP contribution in [0.2, 0.25) is 0 Å². The summed E-state index contributed by atoms with van der Waals surface area (Å²) in [5, 5.41) is 0.